The fourth-order valence-electron chi connectivity index (χ4n) is 1.54. The second-order valence-corrected chi connectivity index (χ2v) is 3.96. The Hall–Kier alpha value is -1.14. The third kappa shape index (κ3) is 3.46. The second kappa shape index (κ2) is 5.81. The van der Waals surface area contributed by atoms with Gasteiger partial charge in [0.05, 0.1) is 19.3 Å². The van der Waals surface area contributed by atoms with Gasteiger partial charge in [0.2, 0.25) is 11.8 Å². The molecule has 1 rings (SSSR count). The Bertz CT molecular complexity index is 264. The van der Waals surface area contributed by atoms with Crippen molar-refractivity contribution in [2.75, 3.05) is 26.3 Å². The first-order valence-corrected chi connectivity index (χ1v) is 5.44. The van der Waals surface area contributed by atoms with E-state index >= 15 is 0 Å². The Balaban J connectivity index is 2.43. The highest BCUT2D eigenvalue weighted by molar-refractivity contribution is 5.88. The number of hydrogen-bond donors (Lipinski definition) is 2. The van der Waals surface area contributed by atoms with Crippen molar-refractivity contribution in [2.45, 2.75) is 25.9 Å². The summed E-state index contributed by atoms with van der Waals surface area (Å²) in [6.07, 6.45) is 0. The lowest BCUT2D eigenvalue weighted by Gasteiger charge is -2.31. The van der Waals surface area contributed by atoms with E-state index < -0.39 is 11.9 Å². The molecule has 3 N–H and O–H groups in total. The first-order chi connectivity index (χ1) is 7.52. The van der Waals surface area contributed by atoms with E-state index in [1.807, 2.05) is 11.8 Å². The molecule has 1 saturated heterocycles. The van der Waals surface area contributed by atoms with Gasteiger partial charge >= 0.3 is 0 Å². The third-order valence-electron chi connectivity index (χ3n) is 2.76. The molecule has 0 aromatic carbocycles. The van der Waals surface area contributed by atoms with E-state index in [9.17, 15) is 9.59 Å². The highest BCUT2D eigenvalue weighted by Gasteiger charge is 2.24. The highest BCUT2D eigenvalue weighted by atomic mass is 16.5. The zero-order chi connectivity index (χ0) is 12.1. The largest absolute Gasteiger partial charge is 0.379 e. The standard InChI is InChI=1S/C10H19N3O3/c1-7(9(11)14)12-10(15)8(2)13-3-5-16-6-4-13/h7-8H,3-6H2,1-2H3,(H2,11,14)(H,12,15)/t7-,8?/m0/s1. The van der Waals surface area contributed by atoms with Gasteiger partial charge in [0, 0.05) is 13.1 Å². The van der Waals surface area contributed by atoms with Crippen molar-refractivity contribution in [3.05, 3.63) is 0 Å². The van der Waals surface area contributed by atoms with Gasteiger partial charge in [0.1, 0.15) is 6.04 Å². The predicted molar refractivity (Wildman–Crippen MR) is 58.7 cm³/mol. The van der Waals surface area contributed by atoms with E-state index in [4.69, 9.17) is 10.5 Å². The van der Waals surface area contributed by atoms with Crippen molar-refractivity contribution in [3.63, 3.8) is 0 Å². The van der Waals surface area contributed by atoms with Gasteiger partial charge in [-0.25, -0.2) is 0 Å². The molecule has 16 heavy (non-hydrogen) atoms. The molecule has 6 heteroatoms. The number of primary amides is 1. The van der Waals surface area contributed by atoms with Crippen LogP contribution in [0.4, 0.5) is 0 Å². The van der Waals surface area contributed by atoms with Crippen molar-refractivity contribution in [1.82, 2.24) is 10.2 Å². The smallest absolute Gasteiger partial charge is 0.239 e. The Morgan fingerprint density at radius 3 is 2.38 bits per heavy atom. The summed E-state index contributed by atoms with van der Waals surface area (Å²) in [4.78, 5) is 24.6. The molecule has 0 bridgehead atoms. The Kier molecular flexibility index (Phi) is 4.70. The van der Waals surface area contributed by atoms with E-state index in [1.165, 1.54) is 0 Å². The predicted octanol–water partition coefficient (Wildman–Crippen LogP) is -1.30. The lowest BCUT2D eigenvalue weighted by Crippen LogP contribution is -2.53. The molecular weight excluding hydrogens is 210 g/mol. The van der Waals surface area contributed by atoms with Crippen LogP contribution in [0.2, 0.25) is 0 Å². The number of morpholine rings is 1. The van der Waals surface area contributed by atoms with Crippen LogP contribution in [0.1, 0.15) is 13.8 Å². The number of ether oxygens (including phenoxy) is 1. The SMILES string of the molecule is CC(C(=O)N[C@@H](C)C(N)=O)N1CCOCC1. The zero-order valence-electron chi connectivity index (χ0n) is 9.73. The molecule has 1 aliphatic heterocycles. The first kappa shape index (κ1) is 12.9. The van der Waals surface area contributed by atoms with Crippen LogP contribution in [0.25, 0.3) is 0 Å². The van der Waals surface area contributed by atoms with Crippen LogP contribution in [0.15, 0.2) is 0 Å². The molecule has 92 valence electrons. The summed E-state index contributed by atoms with van der Waals surface area (Å²) < 4.78 is 5.20. The molecule has 0 aromatic heterocycles. The first-order valence-electron chi connectivity index (χ1n) is 5.44. The van der Waals surface area contributed by atoms with E-state index in [2.05, 4.69) is 5.32 Å². The normalized spacial score (nSPS) is 21.1. The van der Waals surface area contributed by atoms with Crippen LogP contribution in [0, 0.1) is 0 Å². The molecule has 0 radical (unpaired) electrons. The maximum Gasteiger partial charge on any atom is 0.239 e. The molecule has 0 aliphatic carbocycles. The molecule has 6 nitrogen and oxygen atoms in total. The Morgan fingerprint density at radius 1 is 1.31 bits per heavy atom. The lowest BCUT2D eigenvalue weighted by molar-refractivity contribution is -0.131. The van der Waals surface area contributed by atoms with Crippen LogP contribution in [-0.4, -0.2) is 55.1 Å². The molecule has 2 amide bonds. The third-order valence-corrected chi connectivity index (χ3v) is 2.76. The summed E-state index contributed by atoms with van der Waals surface area (Å²) in [7, 11) is 0. The number of carbonyl (C=O) groups is 2. The minimum Gasteiger partial charge on any atom is -0.379 e. The Morgan fingerprint density at radius 2 is 1.88 bits per heavy atom. The van der Waals surface area contributed by atoms with Gasteiger partial charge < -0.3 is 15.8 Å². The maximum absolute atomic E-state index is 11.8. The fourth-order valence-corrected chi connectivity index (χ4v) is 1.54. The summed E-state index contributed by atoms with van der Waals surface area (Å²) in [5, 5.41) is 2.58. The average molecular weight is 229 g/mol. The van der Waals surface area contributed by atoms with Crippen LogP contribution < -0.4 is 11.1 Å². The molecule has 1 aliphatic rings. The summed E-state index contributed by atoms with van der Waals surface area (Å²) in [5.41, 5.74) is 5.08. The quantitative estimate of drug-likeness (QED) is 0.627. The average Bonchev–Trinajstić information content (AvgIpc) is 2.28. The maximum atomic E-state index is 11.8. The number of carbonyl (C=O) groups excluding carboxylic acids is 2. The van der Waals surface area contributed by atoms with Crippen LogP contribution in [0.5, 0.6) is 0 Å². The van der Waals surface area contributed by atoms with Crippen molar-refractivity contribution in [1.29, 1.82) is 0 Å². The molecule has 0 aromatic rings. The zero-order valence-corrected chi connectivity index (χ0v) is 9.73. The summed E-state index contributed by atoms with van der Waals surface area (Å²) >= 11 is 0. The van der Waals surface area contributed by atoms with Crippen molar-refractivity contribution >= 4 is 11.8 Å². The summed E-state index contributed by atoms with van der Waals surface area (Å²) in [6.45, 7) is 6.14. The molecule has 1 heterocycles. The summed E-state index contributed by atoms with van der Waals surface area (Å²) in [5.74, 6) is -0.698. The van der Waals surface area contributed by atoms with Gasteiger partial charge in [-0.15, -0.1) is 0 Å². The van der Waals surface area contributed by atoms with E-state index in [0.717, 1.165) is 13.1 Å². The fraction of sp³-hybridized carbons (Fsp3) is 0.800. The molecular formula is C10H19N3O3. The van der Waals surface area contributed by atoms with E-state index in [-0.39, 0.29) is 11.9 Å². The van der Waals surface area contributed by atoms with E-state index in [1.54, 1.807) is 6.92 Å². The topological polar surface area (TPSA) is 84.7 Å². The lowest BCUT2D eigenvalue weighted by atomic mass is 10.2. The number of nitrogens with one attached hydrogen (secondary N) is 1. The van der Waals surface area contributed by atoms with Gasteiger partial charge in [0.25, 0.3) is 0 Å². The highest BCUT2D eigenvalue weighted by Crippen LogP contribution is 2.03. The van der Waals surface area contributed by atoms with Crippen molar-refractivity contribution < 1.29 is 14.3 Å². The second-order valence-electron chi connectivity index (χ2n) is 3.96. The number of amides is 2. The molecule has 0 spiro atoms. The van der Waals surface area contributed by atoms with Crippen LogP contribution >= 0.6 is 0 Å². The number of nitrogens with two attached hydrogens (primary N) is 1. The molecule has 2 atom stereocenters. The summed E-state index contributed by atoms with van der Waals surface area (Å²) in [6, 6.07) is -0.887. The molecule has 1 unspecified atom stereocenters. The number of nitrogens with zero attached hydrogens (tertiary/aromatic N) is 1. The number of rotatable bonds is 4. The van der Waals surface area contributed by atoms with Crippen LogP contribution in [0.3, 0.4) is 0 Å². The van der Waals surface area contributed by atoms with E-state index in [0.29, 0.717) is 13.2 Å². The van der Waals surface area contributed by atoms with Crippen LogP contribution in [-0.2, 0) is 14.3 Å². The Labute approximate surface area is 95.1 Å². The van der Waals surface area contributed by atoms with Gasteiger partial charge in [0.15, 0.2) is 0 Å². The van der Waals surface area contributed by atoms with Gasteiger partial charge in [-0.2, -0.15) is 0 Å². The van der Waals surface area contributed by atoms with Gasteiger partial charge in [-0.3, -0.25) is 14.5 Å². The van der Waals surface area contributed by atoms with Crippen molar-refractivity contribution in [3.8, 4) is 0 Å². The minimum atomic E-state index is -0.629. The van der Waals surface area contributed by atoms with Crippen molar-refractivity contribution in [2.24, 2.45) is 5.73 Å². The minimum absolute atomic E-state index is 0.173. The molecule has 0 saturated carbocycles. The van der Waals surface area contributed by atoms with Gasteiger partial charge in [-0.05, 0) is 13.8 Å². The van der Waals surface area contributed by atoms with Gasteiger partial charge in [-0.1, -0.05) is 0 Å². The molecule has 1 fully saturated rings. The number of hydrogen-bond acceptors (Lipinski definition) is 4. The monoisotopic (exact) mass is 229 g/mol.